The third kappa shape index (κ3) is 2.56. The fourth-order valence-electron chi connectivity index (χ4n) is 3.11. The van der Waals surface area contributed by atoms with E-state index in [1.165, 1.54) is 24.0 Å². The third-order valence-corrected chi connectivity index (χ3v) is 4.05. The first kappa shape index (κ1) is 13.2. The summed E-state index contributed by atoms with van der Waals surface area (Å²) in [6.45, 7) is 2.33. The molecule has 104 valence electrons. The molecule has 0 aliphatic carbocycles. The van der Waals surface area contributed by atoms with Crippen molar-refractivity contribution in [3.05, 3.63) is 65.7 Å². The van der Waals surface area contributed by atoms with Gasteiger partial charge in [-0.2, -0.15) is 0 Å². The van der Waals surface area contributed by atoms with Gasteiger partial charge in [0.05, 0.1) is 13.2 Å². The van der Waals surface area contributed by atoms with Gasteiger partial charge < -0.3 is 4.74 Å². The second-order valence-electron chi connectivity index (χ2n) is 5.30. The Bertz CT molecular complexity index is 546. The summed E-state index contributed by atoms with van der Waals surface area (Å²) in [7, 11) is 1.75. The van der Waals surface area contributed by atoms with Crippen LogP contribution < -0.4 is 4.74 Å². The quantitative estimate of drug-likeness (QED) is 0.833. The number of hydrogen-bond acceptors (Lipinski definition) is 2. The first-order chi connectivity index (χ1) is 9.90. The van der Waals surface area contributed by atoms with Gasteiger partial charge in [0.15, 0.2) is 0 Å². The number of nitrogens with zero attached hydrogens (tertiary/aromatic N) is 1. The number of methoxy groups -OCH3 is 1. The molecular formula is C18H21NO. The molecule has 20 heavy (non-hydrogen) atoms. The van der Waals surface area contributed by atoms with Crippen molar-refractivity contribution >= 4 is 0 Å². The van der Waals surface area contributed by atoms with E-state index in [1.807, 2.05) is 6.07 Å². The lowest BCUT2D eigenvalue weighted by molar-refractivity contribution is 0.273. The minimum Gasteiger partial charge on any atom is -0.496 e. The van der Waals surface area contributed by atoms with Gasteiger partial charge in [0.1, 0.15) is 5.75 Å². The van der Waals surface area contributed by atoms with E-state index in [4.69, 9.17) is 4.74 Å². The minimum atomic E-state index is 0.301. The van der Waals surface area contributed by atoms with Crippen molar-refractivity contribution in [3.63, 3.8) is 0 Å². The van der Waals surface area contributed by atoms with Gasteiger partial charge in [-0.15, -0.1) is 0 Å². The topological polar surface area (TPSA) is 12.5 Å². The average molecular weight is 267 g/mol. The molecule has 1 aliphatic heterocycles. The van der Waals surface area contributed by atoms with Gasteiger partial charge in [0.25, 0.3) is 0 Å². The Labute approximate surface area is 121 Å². The maximum atomic E-state index is 5.58. The van der Waals surface area contributed by atoms with Gasteiger partial charge in [0, 0.05) is 5.56 Å². The normalized spacial score (nSPS) is 17.1. The average Bonchev–Trinajstić information content (AvgIpc) is 3.03. The highest BCUT2D eigenvalue weighted by Crippen LogP contribution is 2.36. The van der Waals surface area contributed by atoms with Crippen molar-refractivity contribution in [1.82, 2.24) is 4.90 Å². The smallest absolute Gasteiger partial charge is 0.123 e. The van der Waals surface area contributed by atoms with E-state index in [2.05, 4.69) is 53.4 Å². The van der Waals surface area contributed by atoms with E-state index in [1.54, 1.807) is 7.11 Å². The molecule has 2 aromatic carbocycles. The number of benzene rings is 2. The van der Waals surface area contributed by atoms with Crippen LogP contribution >= 0.6 is 0 Å². The molecule has 2 heteroatoms. The van der Waals surface area contributed by atoms with Crippen LogP contribution in [0.2, 0.25) is 0 Å². The lowest BCUT2D eigenvalue weighted by Crippen LogP contribution is -2.26. The summed E-state index contributed by atoms with van der Waals surface area (Å²) in [5.74, 6) is 0.980. The van der Waals surface area contributed by atoms with Crippen molar-refractivity contribution in [2.45, 2.75) is 18.9 Å². The number of para-hydroxylation sites is 1. The van der Waals surface area contributed by atoms with Gasteiger partial charge in [-0.25, -0.2) is 0 Å². The van der Waals surface area contributed by atoms with Crippen molar-refractivity contribution in [2.24, 2.45) is 0 Å². The first-order valence-corrected chi connectivity index (χ1v) is 7.32. The molecule has 1 atom stereocenters. The maximum absolute atomic E-state index is 5.58. The highest BCUT2D eigenvalue weighted by molar-refractivity contribution is 5.41. The molecule has 1 aliphatic rings. The van der Waals surface area contributed by atoms with Crippen LogP contribution in [0.4, 0.5) is 0 Å². The SMILES string of the molecule is COc1ccccc1C(c1ccccc1)N1CCCC1. The number of hydrogen-bond donors (Lipinski definition) is 0. The first-order valence-electron chi connectivity index (χ1n) is 7.32. The molecule has 1 heterocycles. The molecule has 1 unspecified atom stereocenters. The van der Waals surface area contributed by atoms with E-state index in [0.29, 0.717) is 6.04 Å². The Morgan fingerprint density at radius 3 is 2.25 bits per heavy atom. The Morgan fingerprint density at radius 2 is 1.55 bits per heavy atom. The van der Waals surface area contributed by atoms with Crippen LogP contribution in [-0.2, 0) is 0 Å². The van der Waals surface area contributed by atoms with E-state index in [9.17, 15) is 0 Å². The lowest BCUT2D eigenvalue weighted by atomic mass is 9.96. The zero-order chi connectivity index (χ0) is 13.8. The summed E-state index contributed by atoms with van der Waals surface area (Å²) in [5.41, 5.74) is 2.61. The second-order valence-corrected chi connectivity index (χ2v) is 5.30. The summed E-state index contributed by atoms with van der Waals surface area (Å²) in [6.07, 6.45) is 2.58. The number of likely N-dealkylation sites (tertiary alicyclic amines) is 1. The van der Waals surface area contributed by atoms with Gasteiger partial charge in [-0.3, -0.25) is 4.90 Å². The predicted octanol–water partition coefficient (Wildman–Crippen LogP) is 3.88. The van der Waals surface area contributed by atoms with E-state index >= 15 is 0 Å². The summed E-state index contributed by atoms with van der Waals surface area (Å²) >= 11 is 0. The van der Waals surface area contributed by atoms with Crippen molar-refractivity contribution in [2.75, 3.05) is 20.2 Å². The molecule has 1 saturated heterocycles. The molecular weight excluding hydrogens is 246 g/mol. The highest BCUT2D eigenvalue weighted by atomic mass is 16.5. The fourth-order valence-corrected chi connectivity index (χ4v) is 3.11. The molecule has 0 bridgehead atoms. The highest BCUT2D eigenvalue weighted by Gasteiger charge is 2.26. The maximum Gasteiger partial charge on any atom is 0.123 e. The summed E-state index contributed by atoms with van der Waals surface area (Å²) in [5, 5.41) is 0. The van der Waals surface area contributed by atoms with Crippen LogP contribution in [-0.4, -0.2) is 25.1 Å². The van der Waals surface area contributed by atoms with Crippen molar-refractivity contribution in [3.8, 4) is 5.75 Å². The summed E-state index contributed by atoms with van der Waals surface area (Å²) in [4.78, 5) is 2.56. The van der Waals surface area contributed by atoms with Crippen LogP contribution in [0, 0.1) is 0 Å². The summed E-state index contributed by atoms with van der Waals surface area (Å²) < 4.78 is 5.58. The number of rotatable bonds is 4. The molecule has 3 rings (SSSR count). The van der Waals surface area contributed by atoms with E-state index in [-0.39, 0.29) is 0 Å². The Balaban J connectivity index is 2.05. The van der Waals surface area contributed by atoms with Crippen LogP contribution in [0.25, 0.3) is 0 Å². The molecule has 2 aromatic rings. The fraction of sp³-hybridized carbons (Fsp3) is 0.333. The van der Waals surface area contributed by atoms with Gasteiger partial charge in [-0.1, -0.05) is 48.5 Å². The molecule has 2 nitrogen and oxygen atoms in total. The lowest BCUT2D eigenvalue weighted by Gasteiger charge is -2.29. The molecule has 0 aromatic heterocycles. The van der Waals surface area contributed by atoms with Crippen molar-refractivity contribution < 1.29 is 4.74 Å². The third-order valence-electron chi connectivity index (χ3n) is 4.05. The van der Waals surface area contributed by atoms with Crippen LogP contribution in [0.3, 0.4) is 0 Å². The largest absolute Gasteiger partial charge is 0.496 e. The summed E-state index contributed by atoms with van der Waals surface area (Å²) in [6, 6.07) is 19.4. The van der Waals surface area contributed by atoms with Crippen LogP contribution in [0.1, 0.15) is 30.0 Å². The molecule has 0 spiro atoms. The van der Waals surface area contributed by atoms with E-state index < -0.39 is 0 Å². The molecule has 1 fully saturated rings. The van der Waals surface area contributed by atoms with Crippen LogP contribution in [0.15, 0.2) is 54.6 Å². The Morgan fingerprint density at radius 1 is 0.900 bits per heavy atom. The molecule has 0 amide bonds. The second kappa shape index (κ2) is 6.10. The van der Waals surface area contributed by atoms with Gasteiger partial charge in [-0.05, 0) is 37.6 Å². The Kier molecular flexibility index (Phi) is 4.03. The zero-order valence-corrected chi connectivity index (χ0v) is 12.0. The molecule has 0 saturated carbocycles. The van der Waals surface area contributed by atoms with Crippen LogP contribution in [0.5, 0.6) is 5.75 Å². The van der Waals surface area contributed by atoms with Gasteiger partial charge >= 0.3 is 0 Å². The van der Waals surface area contributed by atoms with Crippen molar-refractivity contribution in [1.29, 1.82) is 0 Å². The Hall–Kier alpha value is -1.80. The molecule has 0 radical (unpaired) electrons. The predicted molar refractivity (Wildman–Crippen MR) is 82.1 cm³/mol. The monoisotopic (exact) mass is 267 g/mol. The number of ether oxygens (including phenoxy) is 1. The van der Waals surface area contributed by atoms with Gasteiger partial charge in [0.2, 0.25) is 0 Å². The van der Waals surface area contributed by atoms with E-state index in [0.717, 1.165) is 18.8 Å². The molecule has 0 N–H and O–H groups in total. The minimum absolute atomic E-state index is 0.301. The standard InChI is InChI=1S/C18H21NO/c1-20-17-12-6-5-11-16(17)18(19-13-7-8-14-19)15-9-3-2-4-10-15/h2-6,9-12,18H,7-8,13-14H2,1H3. The zero-order valence-electron chi connectivity index (χ0n) is 12.0.